The number of amides is 1. The van der Waals surface area contributed by atoms with Crippen molar-refractivity contribution in [1.82, 2.24) is 10.3 Å². The minimum Gasteiger partial charge on any atom is -0.496 e. The molecule has 1 aliphatic rings. The monoisotopic (exact) mass is 801 g/mol. The van der Waals surface area contributed by atoms with Gasteiger partial charge in [-0.15, -0.1) is 0 Å². The summed E-state index contributed by atoms with van der Waals surface area (Å²) in [5.74, 6) is -2.49. The molecular weight excluding hydrogens is 761 g/mol. The lowest BCUT2D eigenvalue weighted by Crippen LogP contribution is -2.43. The summed E-state index contributed by atoms with van der Waals surface area (Å²) in [6, 6.07) is 16.4. The summed E-state index contributed by atoms with van der Waals surface area (Å²) >= 11 is 0. The third-order valence-corrected chi connectivity index (χ3v) is 10.9. The number of carboxylic acid groups (broad SMARTS) is 1. The van der Waals surface area contributed by atoms with Crippen molar-refractivity contribution in [2.45, 2.75) is 50.7 Å². The Kier molecular flexibility index (Phi) is 12.4. The Hall–Kier alpha value is -6.06. The molecule has 2 heterocycles. The minimum absolute atomic E-state index is 0.0598. The molecule has 5 aromatic rings. The average molecular weight is 802 g/mol. The second kappa shape index (κ2) is 17.4. The van der Waals surface area contributed by atoms with E-state index in [-0.39, 0.29) is 22.6 Å². The van der Waals surface area contributed by atoms with Gasteiger partial charge >= 0.3 is 5.97 Å². The summed E-state index contributed by atoms with van der Waals surface area (Å²) in [5, 5.41) is 12.7. The van der Waals surface area contributed by atoms with Gasteiger partial charge in [-0.25, -0.2) is 22.6 Å². The molecule has 1 aromatic heterocycles. The number of carboxylic acids is 1. The van der Waals surface area contributed by atoms with Gasteiger partial charge in [0.05, 0.1) is 49.1 Å². The third kappa shape index (κ3) is 9.00. The van der Waals surface area contributed by atoms with E-state index < -0.39 is 45.3 Å². The average Bonchev–Trinajstić information content (AvgIpc) is 3.19. The molecule has 0 fully saturated rings. The van der Waals surface area contributed by atoms with Crippen molar-refractivity contribution in [3.05, 3.63) is 119 Å². The molecule has 298 valence electrons. The highest BCUT2D eigenvalue weighted by Gasteiger charge is 2.29. The van der Waals surface area contributed by atoms with Gasteiger partial charge in [-0.2, -0.15) is 4.39 Å². The first-order valence-corrected chi connectivity index (χ1v) is 19.5. The number of fused-ring (bicyclic) bond motifs is 1. The van der Waals surface area contributed by atoms with Crippen LogP contribution in [-0.4, -0.2) is 63.9 Å². The third-order valence-electron chi connectivity index (χ3n) is 9.49. The van der Waals surface area contributed by atoms with Gasteiger partial charge in [0, 0.05) is 30.9 Å². The Morgan fingerprint density at radius 2 is 1.68 bits per heavy atom. The normalized spacial score (nSPS) is 12.9. The van der Waals surface area contributed by atoms with Gasteiger partial charge in [-0.05, 0) is 103 Å². The number of hydrogen-bond acceptors (Lipinski definition) is 9. The largest absolute Gasteiger partial charge is 0.496 e. The van der Waals surface area contributed by atoms with Crippen molar-refractivity contribution in [2.24, 2.45) is 0 Å². The Labute approximate surface area is 328 Å². The first-order valence-electron chi connectivity index (χ1n) is 18.0. The quantitative estimate of drug-likeness (QED) is 0.0931. The van der Waals surface area contributed by atoms with Gasteiger partial charge < -0.3 is 29.4 Å². The van der Waals surface area contributed by atoms with Crippen LogP contribution in [0, 0.1) is 18.7 Å². The van der Waals surface area contributed by atoms with E-state index in [1.54, 1.807) is 26.4 Å². The predicted molar refractivity (Wildman–Crippen MR) is 208 cm³/mol. The van der Waals surface area contributed by atoms with Crippen LogP contribution in [0.3, 0.4) is 0 Å². The van der Waals surface area contributed by atoms with Crippen LogP contribution in [-0.2, 0) is 39.0 Å². The van der Waals surface area contributed by atoms with Gasteiger partial charge in [0.25, 0.3) is 15.9 Å². The Bertz CT molecular complexity index is 2380. The highest BCUT2D eigenvalue weighted by molar-refractivity contribution is 7.92. The molecule has 0 unspecified atom stereocenters. The standard InChI is InChI=1S/C42H41F2N3O9S/c1-5-55-23-25-18-35(53-3)39(36(19-25)54-4)31-13-10-28(40-32(31)7-6-16-56-40)20-34(42(49)50)46-41(48)38-24(2)17-29(22-33(38)43)47-57(51,52)30-11-8-26(9-12-30)27-14-15-45-37(44)21-27/h8-15,17-19,21-22,34,47H,5-7,16,20,23H2,1-4H3,(H,46,48)(H,49,50)/t34-/m0/s1. The number of hydrogen-bond donors (Lipinski definition) is 3. The van der Waals surface area contributed by atoms with E-state index in [2.05, 4.69) is 15.0 Å². The fourth-order valence-corrected chi connectivity index (χ4v) is 7.86. The smallest absolute Gasteiger partial charge is 0.326 e. The van der Waals surface area contributed by atoms with E-state index in [4.69, 9.17) is 18.9 Å². The van der Waals surface area contributed by atoms with E-state index >= 15 is 4.39 Å². The minimum atomic E-state index is -4.21. The summed E-state index contributed by atoms with van der Waals surface area (Å²) in [6.07, 6.45) is 2.44. The molecule has 0 radical (unpaired) electrons. The van der Waals surface area contributed by atoms with Crippen molar-refractivity contribution in [3.8, 4) is 39.5 Å². The Morgan fingerprint density at radius 3 is 2.32 bits per heavy atom. The molecule has 0 aliphatic carbocycles. The van der Waals surface area contributed by atoms with Gasteiger partial charge in [0.1, 0.15) is 29.1 Å². The molecule has 0 bridgehead atoms. The van der Waals surface area contributed by atoms with Crippen LogP contribution < -0.4 is 24.2 Å². The van der Waals surface area contributed by atoms with Crippen LogP contribution in [0.5, 0.6) is 17.2 Å². The molecule has 0 saturated carbocycles. The number of aryl methyl sites for hydroxylation is 1. The number of nitrogens with zero attached hydrogens (tertiary/aromatic N) is 1. The van der Waals surface area contributed by atoms with E-state index in [1.807, 2.05) is 25.1 Å². The van der Waals surface area contributed by atoms with Crippen molar-refractivity contribution in [2.75, 3.05) is 32.2 Å². The molecule has 6 rings (SSSR count). The second-order valence-electron chi connectivity index (χ2n) is 13.3. The second-order valence-corrected chi connectivity index (χ2v) is 14.9. The Morgan fingerprint density at radius 1 is 0.965 bits per heavy atom. The topological polar surface area (TPSA) is 162 Å². The number of rotatable bonds is 15. The van der Waals surface area contributed by atoms with E-state index in [9.17, 15) is 27.5 Å². The summed E-state index contributed by atoms with van der Waals surface area (Å²) in [6.45, 7) is 4.62. The van der Waals surface area contributed by atoms with Crippen LogP contribution in [0.4, 0.5) is 14.5 Å². The maximum absolute atomic E-state index is 15.6. The number of benzene rings is 4. The van der Waals surface area contributed by atoms with Crippen molar-refractivity contribution in [1.29, 1.82) is 0 Å². The zero-order valence-corrected chi connectivity index (χ0v) is 32.5. The van der Waals surface area contributed by atoms with Crippen LogP contribution in [0.1, 0.15) is 46.0 Å². The fraction of sp³-hybridized carbons (Fsp3) is 0.262. The van der Waals surface area contributed by atoms with Crippen molar-refractivity contribution >= 4 is 27.6 Å². The van der Waals surface area contributed by atoms with E-state index in [0.717, 1.165) is 22.8 Å². The highest BCUT2D eigenvalue weighted by Crippen LogP contribution is 2.46. The molecule has 15 heteroatoms. The van der Waals surface area contributed by atoms with Crippen molar-refractivity contribution < 1.29 is 50.8 Å². The highest BCUT2D eigenvalue weighted by atomic mass is 32.2. The maximum Gasteiger partial charge on any atom is 0.326 e. The maximum atomic E-state index is 15.6. The number of methoxy groups -OCH3 is 2. The van der Waals surface area contributed by atoms with Crippen LogP contribution in [0.25, 0.3) is 22.3 Å². The lowest BCUT2D eigenvalue weighted by Gasteiger charge is -2.26. The SMILES string of the molecule is CCOCc1cc(OC)c(-c2ccc(C[C@H](NC(=O)c3c(C)cc(NS(=O)(=O)c4ccc(-c5ccnc(F)c5)cc4)cc3F)C(=O)O)c3c2CCCO3)c(OC)c1. The zero-order valence-electron chi connectivity index (χ0n) is 31.7. The predicted octanol–water partition coefficient (Wildman–Crippen LogP) is 7.11. The van der Waals surface area contributed by atoms with Crippen LogP contribution >= 0.6 is 0 Å². The molecule has 1 atom stereocenters. The number of ether oxygens (including phenoxy) is 4. The fourth-order valence-electron chi connectivity index (χ4n) is 6.82. The molecule has 57 heavy (non-hydrogen) atoms. The molecule has 4 aromatic carbocycles. The molecule has 1 amide bonds. The first kappa shape index (κ1) is 40.6. The lowest BCUT2D eigenvalue weighted by molar-refractivity contribution is -0.139. The number of pyridine rings is 1. The number of carbonyl (C=O) groups is 2. The number of sulfonamides is 1. The van der Waals surface area contributed by atoms with Crippen molar-refractivity contribution in [3.63, 3.8) is 0 Å². The van der Waals surface area contributed by atoms with Gasteiger partial charge in [0.15, 0.2) is 0 Å². The molecule has 12 nitrogen and oxygen atoms in total. The molecule has 1 aliphatic heterocycles. The number of aliphatic carboxylic acids is 1. The number of aromatic nitrogens is 1. The lowest BCUT2D eigenvalue weighted by atomic mass is 9.89. The number of carbonyl (C=O) groups excluding carboxylic acids is 1. The van der Waals surface area contributed by atoms with E-state index in [1.165, 1.54) is 49.5 Å². The summed E-state index contributed by atoms with van der Waals surface area (Å²) in [5.41, 5.74) is 4.21. The van der Waals surface area contributed by atoms with Crippen LogP contribution in [0.2, 0.25) is 0 Å². The molecular formula is C42H41F2N3O9S. The molecule has 0 saturated heterocycles. The van der Waals surface area contributed by atoms with Gasteiger partial charge in [0.2, 0.25) is 5.95 Å². The summed E-state index contributed by atoms with van der Waals surface area (Å²) in [7, 11) is -1.08. The molecule has 0 spiro atoms. The first-order chi connectivity index (χ1) is 27.3. The molecule has 3 N–H and O–H groups in total. The number of anilines is 1. The number of halogens is 2. The number of nitrogens with one attached hydrogen (secondary N) is 2. The van der Waals surface area contributed by atoms with Gasteiger partial charge in [-0.3, -0.25) is 9.52 Å². The summed E-state index contributed by atoms with van der Waals surface area (Å²) < 4.78 is 81.1. The summed E-state index contributed by atoms with van der Waals surface area (Å²) in [4.78, 5) is 29.4. The van der Waals surface area contributed by atoms with E-state index in [0.29, 0.717) is 72.2 Å². The van der Waals surface area contributed by atoms with Crippen LogP contribution in [0.15, 0.2) is 83.9 Å². The van der Waals surface area contributed by atoms with Gasteiger partial charge in [-0.1, -0.05) is 24.3 Å². The zero-order chi connectivity index (χ0) is 40.9. The Balaban J connectivity index is 1.22.